The fourth-order valence-electron chi connectivity index (χ4n) is 4.38. The molecular formula is C22H31N3O4S2. The Balaban J connectivity index is 1.35. The third-order valence-corrected chi connectivity index (χ3v) is 9.53. The molecule has 0 aromatic carbocycles. The maximum absolute atomic E-state index is 12.8. The number of rotatable bonds is 8. The number of hydrogen-bond acceptors (Lipinski definition) is 6. The van der Waals surface area contributed by atoms with Crippen LogP contribution < -0.4 is 5.32 Å². The minimum Gasteiger partial charge on any atom is -0.468 e. The predicted molar refractivity (Wildman–Crippen MR) is 121 cm³/mol. The van der Waals surface area contributed by atoms with Crippen LogP contribution in [-0.4, -0.2) is 56.3 Å². The maximum atomic E-state index is 12.8. The molecule has 31 heavy (non-hydrogen) atoms. The van der Waals surface area contributed by atoms with Gasteiger partial charge in [-0.15, -0.1) is 11.3 Å². The van der Waals surface area contributed by atoms with Crippen LogP contribution in [0.3, 0.4) is 0 Å². The first-order valence-corrected chi connectivity index (χ1v) is 13.4. The van der Waals surface area contributed by atoms with Crippen molar-refractivity contribution in [1.82, 2.24) is 14.5 Å². The first-order valence-electron chi connectivity index (χ1n) is 11.2. The lowest BCUT2D eigenvalue weighted by Crippen LogP contribution is -2.40. The van der Waals surface area contributed by atoms with Gasteiger partial charge in [0.2, 0.25) is 5.91 Å². The van der Waals surface area contributed by atoms with Gasteiger partial charge < -0.3 is 9.73 Å². The average Bonchev–Trinajstić information content (AvgIpc) is 3.48. The highest BCUT2D eigenvalue weighted by atomic mass is 32.2. The summed E-state index contributed by atoms with van der Waals surface area (Å²) in [5, 5.41) is 3.03. The molecule has 170 valence electrons. The van der Waals surface area contributed by atoms with Gasteiger partial charge in [-0.1, -0.05) is 12.8 Å². The second-order valence-corrected chi connectivity index (χ2v) is 11.6. The molecule has 1 amide bonds. The summed E-state index contributed by atoms with van der Waals surface area (Å²) < 4.78 is 33.2. The van der Waals surface area contributed by atoms with Crippen LogP contribution >= 0.6 is 11.3 Å². The third-order valence-electron chi connectivity index (χ3n) is 6.08. The lowest BCUT2D eigenvalue weighted by molar-refractivity contribution is -0.120. The van der Waals surface area contributed by atoms with Gasteiger partial charge in [-0.3, -0.25) is 9.69 Å². The Morgan fingerprint density at radius 2 is 1.74 bits per heavy atom. The number of amides is 1. The van der Waals surface area contributed by atoms with Crippen molar-refractivity contribution in [3.8, 4) is 0 Å². The predicted octanol–water partition coefficient (Wildman–Crippen LogP) is 3.40. The highest BCUT2D eigenvalue weighted by Crippen LogP contribution is 2.28. The highest BCUT2D eigenvalue weighted by Gasteiger charge is 2.28. The van der Waals surface area contributed by atoms with Gasteiger partial charge in [0.15, 0.2) is 0 Å². The van der Waals surface area contributed by atoms with E-state index in [0.29, 0.717) is 23.8 Å². The van der Waals surface area contributed by atoms with E-state index in [1.165, 1.54) is 17.8 Å². The number of piperidine rings is 2. The van der Waals surface area contributed by atoms with E-state index < -0.39 is 10.0 Å². The van der Waals surface area contributed by atoms with Crippen molar-refractivity contribution in [2.75, 3.05) is 32.7 Å². The van der Waals surface area contributed by atoms with E-state index in [4.69, 9.17) is 4.42 Å². The number of furan rings is 1. The Morgan fingerprint density at radius 1 is 1.03 bits per heavy atom. The molecule has 0 aliphatic carbocycles. The zero-order valence-electron chi connectivity index (χ0n) is 17.8. The van der Waals surface area contributed by atoms with Crippen molar-refractivity contribution >= 4 is 27.3 Å². The molecule has 0 bridgehead atoms. The van der Waals surface area contributed by atoms with Crippen LogP contribution in [0.5, 0.6) is 0 Å². The van der Waals surface area contributed by atoms with Gasteiger partial charge in [0.25, 0.3) is 10.0 Å². The van der Waals surface area contributed by atoms with Crippen LogP contribution in [0.15, 0.2) is 39.2 Å². The summed E-state index contributed by atoms with van der Waals surface area (Å²) in [6.45, 7) is 3.66. The number of nitrogens with zero attached hydrogens (tertiary/aromatic N) is 2. The second-order valence-electron chi connectivity index (χ2n) is 8.29. The van der Waals surface area contributed by atoms with Crippen LogP contribution in [0, 0.1) is 0 Å². The zero-order chi connectivity index (χ0) is 21.7. The highest BCUT2D eigenvalue weighted by molar-refractivity contribution is 7.91. The molecule has 4 rings (SSSR count). The monoisotopic (exact) mass is 465 g/mol. The topological polar surface area (TPSA) is 82.9 Å². The molecule has 0 radical (unpaired) electrons. The van der Waals surface area contributed by atoms with Gasteiger partial charge in [-0.2, -0.15) is 4.31 Å². The summed E-state index contributed by atoms with van der Waals surface area (Å²) in [5.41, 5.74) is 0. The van der Waals surface area contributed by atoms with E-state index in [0.717, 1.165) is 55.8 Å². The first kappa shape index (κ1) is 22.5. The van der Waals surface area contributed by atoms with E-state index in [-0.39, 0.29) is 18.4 Å². The SMILES string of the molecule is O=C(Cc1ccc(S(=O)(=O)N2CCCCC2)s1)NC[C@@H](c1ccco1)N1CCCCC1. The Hall–Kier alpha value is -1.68. The quantitative estimate of drug-likeness (QED) is 0.646. The molecule has 0 spiro atoms. The molecule has 2 saturated heterocycles. The normalized spacial score (nSPS) is 19.9. The van der Waals surface area contributed by atoms with Crippen LogP contribution in [0.2, 0.25) is 0 Å². The van der Waals surface area contributed by atoms with Gasteiger partial charge in [0.05, 0.1) is 18.7 Å². The Kier molecular flexibility index (Phi) is 7.47. The molecule has 2 aromatic heterocycles. The molecule has 2 fully saturated rings. The lowest BCUT2D eigenvalue weighted by Gasteiger charge is -2.33. The molecule has 2 aliphatic heterocycles. The molecule has 2 aliphatic rings. The third kappa shape index (κ3) is 5.58. The minimum atomic E-state index is -3.45. The molecule has 0 saturated carbocycles. The number of likely N-dealkylation sites (tertiary alicyclic amines) is 1. The summed E-state index contributed by atoms with van der Waals surface area (Å²) in [7, 11) is -3.45. The van der Waals surface area contributed by atoms with E-state index in [9.17, 15) is 13.2 Å². The Labute approximate surface area is 188 Å². The largest absolute Gasteiger partial charge is 0.468 e. The Bertz CT molecular complexity index is 943. The molecule has 2 aromatic rings. The van der Waals surface area contributed by atoms with Crippen molar-refractivity contribution < 1.29 is 17.6 Å². The zero-order valence-corrected chi connectivity index (χ0v) is 19.4. The van der Waals surface area contributed by atoms with E-state index in [2.05, 4.69) is 10.2 Å². The van der Waals surface area contributed by atoms with E-state index >= 15 is 0 Å². The van der Waals surface area contributed by atoms with Crippen LogP contribution in [-0.2, 0) is 21.2 Å². The second kappa shape index (κ2) is 10.3. The Morgan fingerprint density at radius 3 is 2.42 bits per heavy atom. The van der Waals surface area contributed by atoms with Gasteiger partial charge >= 0.3 is 0 Å². The molecule has 1 atom stereocenters. The molecular weight excluding hydrogens is 434 g/mol. The summed E-state index contributed by atoms with van der Waals surface area (Å²) in [6, 6.07) is 7.26. The van der Waals surface area contributed by atoms with Gasteiger partial charge in [0, 0.05) is 24.5 Å². The standard InChI is InChI=1S/C22H31N3O4S2/c26-21(23-17-19(20-8-7-15-29-20)24-11-3-1-4-12-24)16-18-9-10-22(30-18)31(27,28)25-13-5-2-6-14-25/h7-10,15,19H,1-6,11-14,16-17H2,(H,23,26)/t19-/m0/s1. The van der Waals surface area contributed by atoms with Crippen LogP contribution in [0.25, 0.3) is 0 Å². The lowest BCUT2D eigenvalue weighted by atomic mass is 10.1. The maximum Gasteiger partial charge on any atom is 0.252 e. The van der Waals surface area contributed by atoms with Crippen molar-refractivity contribution in [2.24, 2.45) is 0 Å². The summed E-state index contributed by atoms with van der Waals surface area (Å²) in [4.78, 5) is 15.8. The van der Waals surface area contributed by atoms with Crippen LogP contribution in [0.1, 0.15) is 55.2 Å². The average molecular weight is 466 g/mol. The van der Waals surface area contributed by atoms with Crippen LogP contribution in [0.4, 0.5) is 0 Å². The number of carbonyl (C=O) groups is 1. The van der Waals surface area contributed by atoms with Crippen molar-refractivity contribution in [3.63, 3.8) is 0 Å². The summed E-state index contributed by atoms with van der Waals surface area (Å²) >= 11 is 1.20. The first-order chi connectivity index (χ1) is 15.0. The summed E-state index contributed by atoms with van der Waals surface area (Å²) in [6.07, 6.45) is 8.33. The van der Waals surface area contributed by atoms with Crippen molar-refractivity contribution in [1.29, 1.82) is 0 Å². The molecule has 0 unspecified atom stereocenters. The summed E-state index contributed by atoms with van der Waals surface area (Å²) in [5.74, 6) is 0.769. The van der Waals surface area contributed by atoms with Gasteiger partial charge in [-0.25, -0.2) is 8.42 Å². The molecule has 1 N–H and O–H groups in total. The van der Waals surface area contributed by atoms with Gasteiger partial charge in [-0.05, 0) is 63.0 Å². The molecule has 4 heterocycles. The van der Waals surface area contributed by atoms with E-state index in [1.807, 2.05) is 12.1 Å². The molecule has 7 nitrogen and oxygen atoms in total. The van der Waals surface area contributed by atoms with Crippen molar-refractivity contribution in [2.45, 2.75) is 55.2 Å². The number of nitrogens with one attached hydrogen (secondary N) is 1. The fraction of sp³-hybridized carbons (Fsp3) is 0.591. The smallest absolute Gasteiger partial charge is 0.252 e. The van der Waals surface area contributed by atoms with Gasteiger partial charge in [0.1, 0.15) is 9.97 Å². The number of sulfonamides is 1. The minimum absolute atomic E-state index is 0.0256. The number of hydrogen-bond donors (Lipinski definition) is 1. The van der Waals surface area contributed by atoms with E-state index in [1.54, 1.807) is 22.7 Å². The number of thiophene rings is 1. The number of carbonyl (C=O) groups excluding carboxylic acids is 1. The van der Waals surface area contributed by atoms with Crippen molar-refractivity contribution in [3.05, 3.63) is 41.2 Å². The fourth-order valence-corrected chi connectivity index (χ4v) is 7.40. The molecule has 9 heteroatoms.